The molecule has 0 radical (unpaired) electrons. The molecule has 0 aliphatic carbocycles. The summed E-state index contributed by atoms with van der Waals surface area (Å²) in [5.74, 6) is -0.172. The summed E-state index contributed by atoms with van der Waals surface area (Å²) in [5, 5.41) is 14.3. The molecule has 2 amide bonds. The molecular weight excluding hydrogens is 1270 g/mol. The summed E-state index contributed by atoms with van der Waals surface area (Å²) in [6.45, 7) is 30.6. The second kappa shape index (κ2) is 32.7. The first-order chi connectivity index (χ1) is 48.3. The van der Waals surface area contributed by atoms with Gasteiger partial charge in [0.25, 0.3) is 0 Å². The molecule has 0 saturated carbocycles. The SMILES string of the molecule is CCOC(=O)CCn1c2c(c3cc(C)ccc31)CN(C)CC2.Cc1ccc2c(c1)c1c(n2CCC(=O)N2CCC(CC(=O)OC(C)(C)C)CC2)CCN(C)C1.Cc1ccc2c(c1)c1c(n2CCC(=O)N2CCC(N)CC2)CCN(C)C1.Cc1ccc2c(c1)c1c(n2CCC(=O)O)CCN(C)C1. The lowest BCUT2D eigenvalue weighted by Crippen LogP contribution is -2.43. The van der Waals surface area contributed by atoms with E-state index in [9.17, 15) is 24.0 Å². The number of fused-ring (bicyclic) bond motifs is 12. The lowest BCUT2D eigenvalue weighted by molar-refractivity contribution is -0.156. The monoisotopic (exact) mass is 1380 g/mol. The summed E-state index contributed by atoms with van der Waals surface area (Å²) in [6.07, 6.45) is 9.92. The molecule has 4 aromatic carbocycles. The van der Waals surface area contributed by atoms with Crippen molar-refractivity contribution in [2.24, 2.45) is 11.7 Å². The van der Waals surface area contributed by atoms with Gasteiger partial charge in [-0.3, -0.25) is 24.0 Å². The van der Waals surface area contributed by atoms with Crippen LogP contribution >= 0.6 is 0 Å². The molecule has 2 saturated heterocycles. The molecule has 6 aliphatic heterocycles. The summed E-state index contributed by atoms with van der Waals surface area (Å²) in [5.41, 5.74) is 26.8. The predicted octanol–water partition coefficient (Wildman–Crippen LogP) is 11.9. The van der Waals surface area contributed by atoms with Gasteiger partial charge >= 0.3 is 17.9 Å². The van der Waals surface area contributed by atoms with Crippen molar-refractivity contribution in [1.82, 2.24) is 47.7 Å². The summed E-state index contributed by atoms with van der Waals surface area (Å²) < 4.78 is 19.9. The highest BCUT2D eigenvalue weighted by molar-refractivity contribution is 5.90. The van der Waals surface area contributed by atoms with Crippen molar-refractivity contribution in [2.45, 2.75) is 203 Å². The highest BCUT2D eigenvalue weighted by atomic mass is 16.6. The number of esters is 2. The number of amides is 2. The Hall–Kier alpha value is -7.81. The number of carboxylic acid groups (broad SMARTS) is 1. The molecule has 0 atom stereocenters. The van der Waals surface area contributed by atoms with E-state index in [1.54, 1.807) is 0 Å². The number of likely N-dealkylation sites (tertiary alicyclic amines) is 2. The maximum atomic E-state index is 13.0. The second-order valence-corrected chi connectivity index (χ2v) is 30.9. The summed E-state index contributed by atoms with van der Waals surface area (Å²) in [7, 11) is 8.67. The van der Waals surface area contributed by atoms with E-state index in [0.717, 1.165) is 143 Å². The van der Waals surface area contributed by atoms with Gasteiger partial charge in [-0.25, -0.2) is 0 Å². The number of likely N-dealkylation sites (N-methyl/N-ethyl adjacent to an activating group) is 4. The molecule has 14 rings (SSSR count). The van der Waals surface area contributed by atoms with Gasteiger partial charge in [-0.05, 0) is 186 Å². The van der Waals surface area contributed by atoms with Gasteiger partial charge in [0.2, 0.25) is 11.8 Å². The molecule has 544 valence electrons. The van der Waals surface area contributed by atoms with Crippen LogP contribution in [0.25, 0.3) is 43.6 Å². The molecule has 4 aromatic heterocycles. The van der Waals surface area contributed by atoms with E-state index >= 15 is 0 Å². The smallest absolute Gasteiger partial charge is 0.307 e. The standard InChI is InChI=1S/C27H39N3O3.C21H30N4O.C18H24N2O2.C16H20N2O2/c1-19-6-7-23-21(16-19)22-18-28(5)12-10-24(22)30(23)15-11-25(31)29-13-8-20(9-14-29)17-26(32)33-27(2,3)4;1-15-3-4-19-17(13-15)18-14-23(2)9-7-20(18)25(19)12-8-21(26)24-10-5-16(22)6-11-24;1-4-22-18(21)8-10-20-16-6-5-13(2)11-14(16)15-12-19(3)9-7-17(15)20;1-11-3-4-14-12(9-11)13-10-17(2)7-5-15(13)18(14)8-6-16(19)20/h6-7,16,20H,8-15,17-18H2,1-5H3;3-4,13,16H,5-12,14,22H2,1-2H3;5-6,11H,4,7-10,12H2,1-3H3;3-4,9H,5-8,10H2,1-2H3,(H,19,20). The first kappa shape index (κ1) is 74.4. The number of aromatic nitrogens is 4. The van der Waals surface area contributed by atoms with Gasteiger partial charge < -0.3 is 68.0 Å². The predicted molar refractivity (Wildman–Crippen MR) is 403 cm³/mol. The number of rotatable bonds is 15. The largest absolute Gasteiger partial charge is 0.481 e. The molecule has 19 heteroatoms. The van der Waals surface area contributed by atoms with E-state index in [1.807, 2.05) is 37.5 Å². The van der Waals surface area contributed by atoms with Gasteiger partial charge in [-0.15, -0.1) is 0 Å². The van der Waals surface area contributed by atoms with Crippen molar-refractivity contribution >= 4 is 73.3 Å². The zero-order valence-electron chi connectivity index (χ0n) is 62.7. The third-order valence-electron chi connectivity index (χ3n) is 21.6. The number of aliphatic carboxylic acids is 1. The number of hydrogen-bond acceptors (Lipinski definition) is 12. The maximum Gasteiger partial charge on any atom is 0.307 e. The fourth-order valence-electron chi connectivity index (χ4n) is 16.3. The molecule has 8 aromatic rings. The van der Waals surface area contributed by atoms with E-state index in [2.05, 4.69) is 167 Å². The zero-order chi connectivity index (χ0) is 72.0. The van der Waals surface area contributed by atoms with Crippen molar-refractivity contribution < 1.29 is 38.6 Å². The van der Waals surface area contributed by atoms with Crippen LogP contribution in [0.2, 0.25) is 0 Å². The zero-order valence-corrected chi connectivity index (χ0v) is 62.7. The number of piperidine rings is 2. The van der Waals surface area contributed by atoms with Gasteiger partial charge in [0, 0.05) is 222 Å². The van der Waals surface area contributed by atoms with Crippen molar-refractivity contribution in [3.8, 4) is 0 Å². The first-order valence-corrected chi connectivity index (χ1v) is 37.4. The number of aryl methyl sites for hydroxylation is 8. The van der Waals surface area contributed by atoms with E-state index in [0.29, 0.717) is 51.3 Å². The number of nitrogens with two attached hydrogens (primary N) is 1. The lowest BCUT2D eigenvalue weighted by Gasteiger charge is -2.32. The Morgan fingerprint density at radius 2 is 0.772 bits per heavy atom. The second-order valence-electron chi connectivity index (χ2n) is 30.9. The highest BCUT2D eigenvalue weighted by Gasteiger charge is 2.31. The molecule has 0 unspecified atom stereocenters. The van der Waals surface area contributed by atoms with E-state index < -0.39 is 11.6 Å². The molecule has 3 N–H and O–H groups in total. The van der Waals surface area contributed by atoms with Gasteiger partial charge in [-0.2, -0.15) is 0 Å². The van der Waals surface area contributed by atoms with Crippen molar-refractivity contribution in [2.75, 3.05) is 87.2 Å². The van der Waals surface area contributed by atoms with Gasteiger partial charge in [0.1, 0.15) is 5.60 Å². The van der Waals surface area contributed by atoms with Crippen LogP contribution in [0.15, 0.2) is 72.8 Å². The molecule has 101 heavy (non-hydrogen) atoms. The van der Waals surface area contributed by atoms with Crippen LogP contribution < -0.4 is 5.73 Å². The van der Waals surface area contributed by atoms with Crippen LogP contribution in [0.1, 0.15) is 153 Å². The van der Waals surface area contributed by atoms with Gasteiger partial charge in [0.05, 0.1) is 19.4 Å². The Balaban J connectivity index is 0.000000138. The number of carbonyl (C=O) groups is 5. The van der Waals surface area contributed by atoms with Gasteiger partial charge in [0.15, 0.2) is 0 Å². The van der Waals surface area contributed by atoms with Crippen LogP contribution in [0.3, 0.4) is 0 Å². The van der Waals surface area contributed by atoms with Crippen LogP contribution in [0.4, 0.5) is 0 Å². The Morgan fingerprint density at radius 1 is 0.455 bits per heavy atom. The molecule has 0 spiro atoms. The van der Waals surface area contributed by atoms with Crippen molar-refractivity contribution in [3.05, 3.63) is 140 Å². The number of ether oxygens (including phenoxy) is 2. The molecule has 0 bridgehead atoms. The van der Waals surface area contributed by atoms with Crippen LogP contribution in [0, 0.1) is 33.6 Å². The fourth-order valence-corrected chi connectivity index (χ4v) is 16.3. The van der Waals surface area contributed by atoms with Crippen LogP contribution in [0.5, 0.6) is 0 Å². The minimum absolute atomic E-state index is 0.113. The topological polar surface area (TPSA) is 189 Å². The molecular formula is C82H113N11O8. The Bertz CT molecular complexity index is 4300. The minimum atomic E-state index is -0.736. The van der Waals surface area contributed by atoms with E-state index in [1.165, 1.54) is 111 Å². The third-order valence-corrected chi connectivity index (χ3v) is 21.6. The Kier molecular flexibility index (Phi) is 24.1. The number of carbonyl (C=O) groups excluding carboxylic acids is 4. The number of benzene rings is 4. The quantitative estimate of drug-likeness (QED) is 0.0923. The van der Waals surface area contributed by atoms with Crippen LogP contribution in [-0.4, -0.2) is 181 Å². The van der Waals surface area contributed by atoms with Gasteiger partial charge in [-0.1, -0.05) is 46.5 Å². The van der Waals surface area contributed by atoms with E-state index in [4.69, 9.17) is 20.3 Å². The van der Waals surface area contributed by atoms with Crippen molar-refractivity contribution in [3.63, 3.8) is 0 Å². The van der Waals surface area contributed by atoms with Crippen LogP contribution in [-0.2, 0) is 111 Å². The summed E-state index contributed by atoms with van der Waals surface area (Å²) >= 11 is 0. The maximum absolute atomic E-state index is 13.0. The normalized spacial score (nSPS) is 17.1. The Labute approximate surface area is 598 Å². The minimum Gasteiger partial charge on any atom is -0.481 e. The summed E-state index contributed by atoms with van der Waals surface area (Å²) in [4.78, 5) is 73.9. The summed E-state index contributed by atoms with van der Waals surface area (Å²) in [6, 6.07) is 26.7. The molecule has 19 nitrogen and oxygen atoms in total. The molecule has 6 aliphatic rings. The number of nitrogens with zero attached hydrogens (tertiary/aromatic N) is 10. The highest BCUT2D eigenvalue weighted by Crippen LogP contribution is 2.37. The molecule has 2 fully saturated rings. The molecule has 10 heterocycles. The van der Waals surface area contributed by atoms with E-state index in [-0.39, 0.29) is 36.2 Å². The average molecular weight is 1380 g/mol. The first-order valence-electron chi connectivity index (χ1n) is 37.4. The van der Waals surface area contributed by atoms with Crippen molar-refractivity contribution in [1.29, 1.82) is 0 Å². The third kappa shape index (κ3) is 18.0. The number of carboxylic acids is 1. The fraction of sp³-hybridized carbons (Fsp3) is 0.549. The number of hydrogen-bond donors (Lipinski definition) is 2. The Morgan fingerprint density at radius 3 is 1.09 bits per heavy atom. The lowest BCUT2D eigenvalue weighted by atomic mass is 9.93. The average Bonchev–Trinajstić information content (AvgIpc) is 1.63.